The molecule has 2 fully saturated rings. The summed E-state index contributed by atoms with van der Waals surface area (Å²) in [4.78, 5) is 36.3. The highest BCUT2D eigenvalue weighted by molar-refractivity contribution is 5.95. The molecule has 0 spiro atoms. The first-order valence-corrected chi connectivity index (χ1v) is 14.9. The van der Waals surface area contributed by atoms with Crippen molar-refractivity contribution in [1.82, 2.24) is 19.7 Å². The van der Waals surface area contributed by atoms with Crippen molar-refractivity contribution in [1.29, 1.82) is 0 Å². The topological polar surface area (TPSA) is 127 Å². The van der Waals surface area contributed by atoms with E-state index in [9.17, 15) is 9.59 Å². The second-order valence-corrected chi connectivity index (χ2v) is 10.9. The number of nitrogens with zero attached hydrogens (tertiary/aromatic N) is 4. The highest BCUT2D eigenvalue weighted by Gasteiger charge is 2.25. The molecular formula is C33H40N6O4. The number of hydrogen-bond donors (Lipinski definition) is 2. The summed E-state index contributed by atoms with van der Waals surface area (Å²) in [6.07, 6.45) is 5.22. The van der Waals surface area contributed by atoms with Crippen LogP contribution in [0.1, 0.15) is 34.8 Å². The Bertz CT molecular complexity index is 1380. The molecule has 2 aliphatic heterocycles. The van der Waals surface area contributed by atoms with Crippen molar-refractivity contribution in [3.05, 3.63) is 90.1 Å². The minimum Gasteiger partial charge on any atom is -0.457 e. The number of primary amides is 1. The molecule has 43 heavy (non-hydrogen) atoms. The lowest BCUT2D eigenvalue weighted by Gasteiger charge is -2.34. The van der Waals surface area contributed by atoms with E-state index in [-0.39, 0.29) is 23.3 Å². The Hall–Kier alpha value is -4.25. The van der Waals surface area contributed by atoms with Crippen LogP contribution in [0.4, 0.5) is 0 Å². The summed E-state index contributed by atoms with van der Waals surface area (Å²) in [5, 5.41) is 0. The van der Waals surface area contributed by atoms with Crippen LogP contribution in [0.3, 0.4) is 0 Å². The van der Waals surface area contributed by atoms with Gasteiger partial charge in [-0.15, -0.1) is 0 Å². The molecule has 1 aromatic heterocycles. The molecule has 226 valence electrons. The number of pyridine rings is 1. The van der Waals surface area contributed by atoms with Gasteiger partial charge in [0.15, 0.2) is 0 Å². The largest absolute Gasteiger partial charge is 0.457 e. The molecular weight excluding hydrogens is 544 g/mol. The minimum absolute atomic E-state index is 0.0426. The second-order valence-electron chi connectivity index (χ2n) is 10.9. The molecule has 0 unspecified atom stereocenters. The average Bonchev–Trinajstić information content (AvgIpc) is 3.03. The quantitative estimate of drug-likeness (QED) is 0.328. The van der Waals surface area contributed by atoms with Gasteiger partial charge in [-0.25, -0.2) is 4.98 Å². The fourth-order valence-electron chi connectivity index (χ4n) is 5.44. The Kier molecular flexibility index (Phi) is 10.4. The maximum atomic E-state index is 12.8. The summed E-state index contributed by atoms with van der Waals surface area (Å²) in [7, 11) is 0. The molecule has 2 amide bonds. The fourth-order valence-corrected chi connectivity index (χ4v) is 5.44. The number of nitrogens with two attached hydrogens (primary N) is 2. The molecule has 0 bridgehead atoms. The third-order valence-electron chi connectivity index (χ3n) is 7.92. The smallest absolute Gasteiger partial charge is 0.254 e. The van der Waals surface area contributed by atoms with Crippen LogP contribution in [0.25, 0.3) is 0 Å². The molecule has 4 N–H and O–H groups in total. The normalized spacial score (nSPS) is 16.8. The van der Waals surface area contributed by atoms with E-state index in [1.807, 2.05) is 47.4 Å². The standard InChI is InChI=1S/C33H40N6O4/c34-16-20-38-23-21-37(22-24-38)17-4-7-31(40)39-18-14-25(15-19-39)30-13-12-29(32(35)41)33(36-30)43-28-10-8-27(9-11-28)42-26-5-2-1-3-6-26/h1-13,25H,14-24,34H2,(H2,35,41)/b7-4+. The molecule has 3 heterocycles. The summed E-state index contributed by atoms with van der Waals surface area (Å²) >= 11 is 0. The summed E-state index contributed by atoms with van der Waals surface area (Å²) in [6.45, 7) is 7.71. The van der Waals surface area contributed by atoms with Gasteiger partial charge in [0, 0.05) is 76.6 Å². The van der Waals surface area contributed by atoms with Crippen molar-refractivity contribution in [3.8, 4) is 23.1 Å². The van der Waals surface area contributed by atoms with Crippen molar-refractivity contribution in [2.75, 3.05) is 58.9 Å². The van der Waals surface area contributed by atoms with E-state index in [2.05, 4.69) is 9.80 Å². The third-order valence-corrected chi connectivity index (χ3v) is 7.92. The predicted molar refractivity (Wildman–Crippen MR) is 165 cm³/mol. The molecule has 0 saturated carbocycles. The lowest BCUT2D eigenvalue weighted by Crippen LogP contribution is -2.47. The lowest BCUT2D eigenvalue weighted by molar-refractivity contribution is -0.127. The molecule has 10 heteroatoms. The zero-order valence-electron chi connectivity index (χ0n) is 24.4. The number of ether oxygens (including phenoxy) is 2. The van der Waals surface area contributed by atoms with Gasteiger partial charge in [0.2, 0.25) is 11.8 Å². The first kappa shape index (κ1) is 30.2. The van der Waals surface area contributed by atoms with E-state index in [1.54, 1.807) is 36.4 Å². The van der Waals surface area contributed by atoms with Crippen LogP contribution in [-0.4, -0.2) is 90.4 Å². The number of benzene rings is 2. The fraction of sp³-hybridized carbons (Fsp3) is 0.364. The Labute approximate surface area is 252 Å². The maximum Gasteiger partial charge on any atom is 0.254 e. The highest BCUT2D eigenvalue weighted by Crippen LogP contribution is 2.32. The van der Waals surface area contributed by atoms with Crippen LogP contribution in [0.15, 0.2) is 78.9 Å². The monoisotopic (exact) mass is 584 g/mol. The van der Waals surface area contributed by atoms with Gasteiger partial charge in [0.05, 0.1) is 0 Å². The first-order valence-electron chi connectivity index (χ1n) is 14.9. The average molecular weight is 585 g/mol. The molecule has 10 nitrogen and oxygen atoms in total. The van der Waals surface area contributed by atoms with E-state index in [4.69, 9.17) is 25.9 Å². The van der Waals surface area contributed by atoms with Gasteiger partial charge < -0.3 is 25.8 Å². The SMILES string of the molecule is NCCN1CCN(C/C=C/C(=O)N2CCC(c3ccc(C(N)=O)c(Oc4ccc(Oc5ccccc5)cc4)n3)CC2)CC1. The molecule has 0 aliphatic carbocycles. The lowest BCUT2D eigenvalue weighted by atomic mass is 9.92. The zero-order valence-corrected chi connectivity index (χ0v) is 24.4. The van der Waals surface area contributed by atoms with E-state index < -0.39 is 5.91 Å². The van der Waals surface area contributed by atoms with Gasteiger partial charge in [0.1, 0.15) is 22.8 Å². The second kappa shape index (κ2) is 14.8. The Balaban J connectivity index is 1.14. The summed E-state index contributed by atoms with van der Waals surface area (Å²) < 4.78 is 11.9. The minimum atomic E-state index is -0.609. The van der Waals surface area contributed by atoms with Crippen LogP contribution in [0, 0.1) is 0 Å². The zero-order chi connectivity index (χ0) is 30.0. The first-order chi connectivity index (χ1) is 21.0. The Morgan fingerprint density at radius 1 is 0.814 bits per heavy atom. The molecule has 0 atom stereocenters. The molecule has 0 radical (unpaired) electrons. The molecule has 2 aliphatic rings. The summed E-state index contributed by atoms with van der Waals surface area (Å²) in [5.74, 6) is 1.66. The third kappa shape index (κ3) is 8.41. The van der Waals surface area contributed by atoms with Crippen molar-refractivity contribution in [2.24, 2.45) is 11.5 Å². The number of carbonyl (C=O) groups excluding carboxylic acids is 2. The van der Waals surface area contributed by atoms with E-state index in [1.165, 1.54) is 0 Å². The number of rotatable bonds is 11. The van der Waals surface area contributed by atoms with Crippen LogP contribution in [-0.2, 0) is 4.79 Å². The Morgan fingerprint density at radius 3 is 2.09 bits per heavy atom. The van der Waals surface area contributed by atoms with Crippen LogP contribution in [0.2, 0.25) is 0 Å². The van der Waals surface area contributed by atoms with E-state index in [0.717, 1.165) is 63.6 Å². The Morgan fingerprint density at radius 2 is 1.44 bits per heavy atom. The predicted octanol–water partition coefficient (Wildman–Crippen LogP) is 3.60. The van der Waals surface area contributed by atoms with Gasteiger partial charge in [-0.1, -0.05) is 24.3 Å². The van der Waals surface area contributed by atoms with Gasteiger partial charge in [0.25, 0.3) is 5.91 Å². The highest BCUT2D eigenvalue weighted by atomic mass is 16.5. The molecule has 3 aromatic rings. The van der Waals surface area contributed by atoms with Gasteiger partial charge in [-0.2, -0.15) is 0 Å². The van der Waals surface area contributed by atoms with Crippen molar-refractivity contribution in [2.45, 2.75) is 18.8 Å². The van der Waals surface area contributed by atoms with Crippen LogP contribution in [0.5, 0.6) is 23.1 Å². The number of para-hydroxylation sites is 1. The number of aromatic nitrogens is 1. The van der Waals surface area contributed by atoms with Crippen molar-refractivity contribution < 1.29 is 19.1 Å². The number of hydrogen-bond acceptors (Lipinski definition) is 8. The van der Waals surface area contributed by atoms with Gasteiger partial charge in [-0.05, 0) is 61.4 Å². The van der Waals surface area contributed by atoms with Crippen LogP contribution < -0.4 is 20.9 Å². The van der Waals surface area contributed by atoms with Crippen LogP contribution >= 0.6 is 0 Å². The number of piperazine rings is 1. The maximum absolute atomic E-state index is 12.8. The number of amides is 2. The van der Waals surface area contributed by atoms with E-state index in [0.29, 0.717) is 31.1 Å². The molecule has 2 saturated heterocycles. The molecule has 2 aromatic carbocycles. The van der Waals surface area contributed by atoms with E-state index >= 15 is 0 Å². The van der Waals surface area contributed by atoms with Crippen molar-refractivity contribution in [3.63, 3.8) is 0 Å². The van der Waals surface area contributed by atoms with Gasteiger partial charge >= 0.3 is 0 Å². The van der Waals surface area contributed by atoms with Gasteiger partial charge in [-0.3, -0.25) is 19.4 Å². The number of likely N-dealkylation sites (tertiary alicyclic amines) is 1. The number of carbonyl (C=O) groups is 2. The summed E-state index contributed by atoms with van der Waals surface area (Å²) in [6, 6.07) is 20.1. The summed E-state index contributed by atoms with van der Waals surface area (Å²) in [5.41, 5.74) is 12.3. The molecule has 5 rings (SSSR count). The number of piperidine rings is 1. The van der Waals surface area contributed by atoms with Crippen molar-refractivity contribution >= 4 is 11.8 Å².